The van der Waals surface area contributed by atoms with E-state index in [1.165, 1.54) is 0 Å². The van der Waals surface area contributed by atoms with Crippen molar-refractivity contribution >= 4 is 5.97 Å². The zero-order valence-electron chi connectivity index (χ0n) is 7.80. The second-order valence-electron chi connectivity index (χ2n) is 3.63. The molecule has 0 bridgehead atoms. The Morgan fingerprint density at radius 2 is 2.25 bits per heavy atom. The molecule has 1 fully saturated rings. The van der Waals surface area contributed by atoms with Crippen LogP contribution in [0.15, 0.2) is 0 Å². The van der Waals surface area contributed by atoms with E-state index in [0.717, 1.165) is 25.7 Å². The van der Waals surface area contributed by atoms with Crippen molar-refractivity contribution in [3.05, 3.63) is 0 Å². The number of nitrogens with two attached hydrogens (primary N) is 1. The lowest BCUT2D eigenvalue weighted by atomic mass is 9.78. The van der Waals surface area contributed by atoms with Crippen molar-refractivity contribution in [3.63, 3.8) is 0 Å². The average molecular weight is 171 g/mol. The molecule has 3 heteroatoms. The molecule has 0 heterocycles. The van der Waals surface area contributed by atoms with Crippen LogP contribution in [0, 0.1) is 0 Å². The maximum Gasteiger partial charge on any atom is 0.326 e. The van der Waals surface area contributed by atoms with Gasteiger partial charge in [-0.05, 0) is 32.6 Å². The molecule has 0 aromatic rings. The van der Waals surface area contributed by atoms with Gasteiger partial charge in [0.2, 0.25) is 0 Å². The second kappa shape index (κ2) is 3.44. The molecular weight excluding hydrogens is 154 g/mol. The fraction of sp³-hybridized carbons (Fsp3) is 0.889. The van der Waals surface area contributed by atoms with Crippen LogP contribution in [-0.4, -0.2) is 17.6 Å². The molecule has 12 heavy (non-hydrogen) atoms. The summed E-state index contributed by atoms with van der Waals surface area (Å²) in [5.74, 6) is -0.219. The van der Waals surface area contributed by atoms with Gasteiger partial charge in [-0.15, -0.1) is 0 Å². The molecule has 0 aliphatic heterocycles. The van der Waals surface area contributed by atoms with E-state index < -0.39 is 5.54 Å². The lowest BCUT2D eigenvalue weighted by molar-refractivity contribution is -0.158. The van der Waals surface area contributed by atoms with Gasteiger partial charge in [-0.25, -0.2) is 0 Å². The Labute approximate surface area is 73.3 Å². The van der Waals surface area contributed by atoms with Gasteiger partial charge in [-0.2, -0.15) is 0 Å². The number of rotatable bonds is 3. The summed E-state index contributed by atoms with van der Waals surface area (Å²) in [5.41, 5.74) is 5.13. The van der Waals surface area contributed by atoms with Gasteiger partial charge in [0.25, 0.3) is 0 Å². The molecule has 0 aromatic heterocycles. The number of hydrogen-bond acceptors (Lipinski definition) is 3. The third kappa shape index (κ3) is 1.78. The Kier molecular flexibility index (Phi) is 2.73. The predicted octanol–water partition coefficient (Wildman–Crippen LogP) is 1.21. The number of carbonyl (C=O) groups excluding carboxylic acids is 1. The first kappa shape index (κ1) is 9.52. The number of esters is 1. The van der Waals surface area contributed by atoms with Gasteiger partial charge < -0.3 is 10.5 Å². The average Bonchev–Trinajstić information content (AvgIpc) is 1.99. The molecular formula is C9H17NO2. The summed E-state index contributed by atoms with van der Waals surface area (Å²) in [4.78, 5) is 11.4. The minimum absolute atomic E-state index is 0.00137. The van der Waals surface area contributed by atoms with Crippen molar-refractivity contribution in [3.8, 4) is 0 Å². The molecule has 3 nitrogen and oxygen atoms in total. The first-order chi connectivity index (χ1) is 5.58. The van der Waals surface area contributed by atoms with Gasteiger partial charge >= 0.3 is 5.97 Å². The Bertz CT molecular complexity index is 175. The van der Waals surface area contributed by atoms with Crippen LogP contribution in [0.25, 0.3) is 0 Å². The Balaban J connectivity index is 2.37. The molecule has 2 N–H and O–H groups in total. The van der Waals surface area contributed by atoms with E-state index in [0.29, 0.717) is 0 Å². The van der Waals surface area contributed by atoms with Crippen molar-refractivity contribution in [2.24, 2.45) is 5.73 Å². The maximum atomic E-state index is 11.4. The number of hydrogen-bond donors (Lipinski definition) is 1. The summed E-state index contributed by atoms with van der Waals surface area (Å²) < 4.78 is 5.14. The molecule has 1 unspecified atom stereocenters. The summed E-state index contributed by atoms with van der Waals surface area (Å²) in [6.07, 6.45) is 3.46. The van der Waals surface area contributed by atoms with Crippen LogP contribution in [0.5, 0.6) is 0 Å². The van der Waals surface area contributed by atoms with Crippen molar-refractivity contribution in [2.75, 3.05) is 0 Å². The van der Waals surface area contributed by atoms with Gasteiger partial charge in [-0.3, -0.25) is 4.79 Å². The SMILES string of the molecule is CCC(C)OC(=O)C1(N)CCC1. The smallest absolute Gasteiger partial charge is 0.326 e. The van der Waals surface area contributed by atoms with Gasteiger partial charge in [0, 0.05) is 0 Å². The van der Waals surface area contributed by atoms with E-state index >= 15 is 0 Å². The molecule has 1 aliphatic rings. The molecule has 0 amide bonds. The topological polar surface area (TPSA) is 52.3 Å². The predicted molar refractivity (Wildman–Crippen MR) is 46.6 cm³/mol. The van der Waals surface area contributed by atoms with Crippen molar-refractivity contribution in [1.82, 2.24) is 0 Å². The van der Waals surface area contributed by atoms with Crippen LogP contribution >= 0.6 is 0 Å². The summed E-state index contributed by atoms with van der Waals surface area (Å²) >= 11 is 0. The molecule has 0 spiro atoms. The molecule has 0 aromatic carbocycles. The van der Waals surface area contributed by atoms with Crippen molar-refractivity contribution in [2.45, 2.75) is 51.2 Å². The highest BCUT2D eigenvalue weighted by Crippen LogP contribution is 2.30. The van der Waals surface area contributed by atoms with Gasteiger partial charge in [-0.1, -0.05) is 6.92 Å². The second-order valence-corrected chi connectivity index (χ2v) is 3.63. The van der Waals surface area contributed by atoms with E-state index in [9.17, 15) is 4.79 Å². The van der Waals surface area contributed by atoms with E-state index in [-0.39, 0.29) is 12.1 Å². The van der Waals surface area contributed by atoms with Crippen molar-refractivity contribution < 1.29 is 9.53 Å². The first-order valence-corrected chi connectivity index (χ1v) is 4.58. The number of carbonyl (C=O) groups is 1. The molecule has 0 saturated heterocycles. The quantitative estimate of drug-likeness (QED) is 0.649. The molecule has 70 valence electrons. The largest absolute Gasteiger partial charge is 0.461 e. The van der Waals surface area contributed by atoms with Crippen LogP contribution in [0.2, 0.25) is 0 Å². The highest BCUT2D eigenvalue weighted by atomic mass is 16.5. The minimum Gasteiger partial charge on any atom is -0.461 e. The highest BCUT2D eigenvalue weighted by Gasteiger charge is 2.42. The molecule has 0 radical (unpaired) electrons. The number of ether oxygens (including phenoxy) is 1. The Morgan fingerprint density at radius 3 is 2.58 bits per heavy atom. The third-order valence-electron chi connectivity index (χ3n) is 2.54. The standard InChI is InChI=1S/C9H17NO2/c1-3-7(2)12-8(11)9(10)5-4-6-9/h7H,3-6,10H2,1-2H3. The molecule has 1 atom stereocenters. The van der Waals surface area contributed by atoms with Crippen LogP contribution in [0.4, 0.5) is 0 Å². The summed E-state index contributed by atoms with van der Waals surface area (Å²) in [5, 5.41) is 0. The van der Waals surface area contributed by atoms with Crippen LogP contribution < -0.4 is 5.73 Å². The molecule has 1 rings (SSSR count). The maximum absolute atomic E-state index is 11.4. The minimum atomic E-state index is -0.649. The van der Waals surface area contributed by atoms with Crippen LogP contribution in [-0.2, 0) is 9.53 Å². The molecule has 1 aliphatic carbocycles. The zero-order chi connectivity index (χ0) is 9.19. The zero-order valence-corrected chi connectivity index (χ0v) is 7.80. The third-order valence-corrected chi connectivity index (χ3v) is 2.54. The summed E-state index contributed by atoms with van der Waals surface area (Å²) in [7, 11) is 0. The first-order valence-electron chi connectivity index (χ1n) is 4.58. The fourth-order valence-electron chi connectivity index (χ4n) is 1.15. The van der Waals surface area contributed by atoms with Crippen molar-refractivity contribution in [1.29, 1.82) is 0 Å². The molecule has 1 saturated carbocycles. The fourth-order valence-corrected chi connectivity index (χ4v) is 1.15. The lowest BCUT2D eigenvalue weighted by Crippen LogP contribution is -2.55. The van der Waals surface area contributed by atoms with E-state index in [1.807, 2.05) is 13.8 Å². The van der Waals surface area contributed by atoms with Gasteiger partial charge in [0.1, 0.15) is 5.54 Å². The Hall–Kier alpha value is -0.570. The van der Waals surface area contributed by atoms with Crippen LogP contribution in [0.3, 0.4) is 0 Å². The van der Waals surface area contributed by atoms with E-state index in [2.05, 4.69) is 0 Å². The van der Waals surface area contributed by atoms with Gasteiger partial charge in [0.15, 0.2) is 0 Å². The van der Waals surface area contributed by atoms with E-state index in [4.69, 9.17) is 10.5 Å². The van der Waals surface area contributed by atoms with E-state index in [1.54, 1.807) is 0 Å². The van der Waals surface area contributed by atoms with Crippen LogP contribution in [0.1, 0.15) is 39.5 Å². The highest BCUT2D eigenvalue weighted by molar-refractivity contribution is 5.81. The Morgan fingerprint density at radius 1 is 1.67 bits per heavy atom. The lowest BCUT2D eigenvalue weighted by Gasteiger charge is -2.35. The summed E-state index contributed by atoms with van der Waals surface area (Å²) in [6, 6.07) is 0. The monoisotopic (exact) mass is 171 g/mol. The van der Waals surface area contributed by atoms with Gasteiger partial charge in [0.05, 0.1) is 6.10 Å². The summed E-state index contributed by atoms with van der Waals surface area (Å²) in [6.45, 7) is 3.88. The normalized spacial score (nSPS) is 22.6.